The first kappa shape index (κ1) is 15.4. The van der Waals surface area contributed by atoms with Crippen molar-refractivity contribution in [3.8, 4) is 0 Å². The van der Waals surface area contributed by atoms with Gasteiger partial charge in [0.1, 0.15) is 0 Å². The maximum atomic E-state index is 11.8. The lowest BCUT2D eigenvalue weighted by atomic mass is 9.79. The minimum absolute atomic E-state index is 0.130. The van der Waals surface area contributed by atoms with Crippen molar-refractivity contribution in [3.05, 3.63) is 0 Å². The fourth-order valence-corrected chi connectivity index (χ4v) is 2.73. The topological polar surface area (TPSA) is 75.4 Å². The lowest BCUT2D eigenvalue weighted by molar-refractivity contribution is -0.124. The van der Waals surface area contributed by atoms with Gasteiger partial charge in [0, 0.05) is 6.54 Å². The van der Waals surface area contributed by atoms with Crippen LogP contribution in [-0.2, 0) is 4.79 Å². The molecule has 106 valence electrons. The largest absolute Gasteiger partial charge is 0.388 e. The summed E-state index contributed by atoms with van der Waals surface area (Å²) < 4.78 is 0. The predicted molar refractivity (Wildman–Crippen MR) is 73.1 cm³/mol. The van der Waals surface area contributed by atoms with E-state index in [1.54, 1.807) is 0 Å². The van der Waals surface area contributed by atoms with Crippen LogP contribution in [0.1, 0.15) is 58.8 Å². The highest BCUT2D eigenvalue weighted by Crippen LogP contribution is 2.31. The molecule has 1 rings (SSSR count). The molecule has 1 aliphatic rings. The van der Waals surface area contributed by atoms with Crippen molar-refractivity contribution in [1.82, 2.24) is 5.32 Å². The molecule has 0 saturated heterocycles. The number of rotatable bonds is 6. The van der Waals surface area contributed by atoms with E-state index in [-0.39, 0.29) is 5.91 Å². The number of nitrogens with two attached hydrogens (primary N) is 1. The van der Waals surface area contributed by atoms with Gasteiger partial charge in [-0.15, -0.1) is 0 Å². The Morgan fingerprint density at radius 1 is 1.61 bits per heavy atom. The number of hydrogen-bond donors (Lipinski definition) is 3. The Labute approximate surface area is 110 Å². The van der Waals surface area contributed by atoms with Crippen LogP contribution in [0.25, 0.3) is 0 Å². The second-order valence-electron chi connectivity index (χ2n) is 5.89. The third-order valence-electron chi connectivity index (χ3n) is 3.86. The van der Waals surface area contributed by atoms with Crippen molar-refractivity contribution in [3.63, 3.8) is 0 Å². The van der Waals surface area contributed by atoms with Gasteiger partial charge in [-0.2, -0.15) is 0 Å². The summed E-state index contributed by atoms with van der Waals surface area (Å²) in [5, 5.41) is 13.2. The summed E-state index contributed by atoms with van der Waals surface area (Å²) in [6.45, 7) is 4.58. The number of carbonyl (C=O) groups is 1. The normalized spacial score (nSPS) is 29.9. The van der Waals surface area contributed by atoms with Gasteiger partial charge in [-0.3, -0.25) is 4.79 Å². The molecule has 1 saturated carbocycles. The molecule has 3 unspecified atom stereocenters. The van der Waals surface area contributed by atoms with Gasteiger partial charge in [0.15, 0.2) is 0 Å². The molecule has 0 aromatic carbocycles. The van der Waals surface area contributed by atoms with E-state index in [9.17, 15) is 9.90 Å². The average molecular weight is 256 g/mol. The highest BCUT2D eigenvalue weighted by molar-refractivity contribution is 5.81. The average Bonchev–Trinajstić information content (AvgIpc) is 2.32. The Bertz CT molecular complexity index is 271. The molecule has 4 nitrogen and oxygen atoms in total. The molecule has 1 amide bonds. The van der Waals surface area contributed by atoms with Crippen molar-refractivity contribution < 1.29 is 9.90 Å². The quantitative estimate of drug-likeness (QED) is 0.675. The van der Waals surface area contributed by atoms with E-state index < -0.39 is 11.6 Å². The smallest absolute Gasteiger partial charge is 0.237 e. The summed E-state index contributed by atoms with van der Waals surface area (Å²) in [7, 11) is 0. The van der Waals surface area contributed by atoms with Gasteiger partial charge in [-0.05, 0) is 25.2 Å². The zero-order chi connectivity index (χ0) is 13.6. The Hall–Kier alpha value is -0.610. The lowest BCUT2D eigenvalue weighted by Crippen LogP contribution is -2.49. The van der Waals surface area contributed by atoms with Crippen molar-refractivity contribution >= 4 is 5.91 Å². The monoisotopic (exact) mass is 256 g/mol. The van der Waals surface area contributed by atoms with Gasteiger partial charge in [0.05, 0.1) is 11.6 Å². The first-order valence-electron chi connectivity index (χ1n) is 7.22. The van der Waals surface area contributed by atoms with Crippen LogP contribution in [0.5, 0.6) is 0 Å². The zero-order valence-electron chi connectivity index (χ0n) is 11.7. The first-order chi connectivity index (χ1) is 8.47. The van der Waals surface area contributed by atoms with Crippen LogP contribution in [0.15, 0.2) is 0 Å². The lowest BCUT2D eigenvalue weighted by Gasteiger charge is -2.35. The Morgan fingerprint density at radius 3 is 2.94 bits per heavy atom. The van der Waals surface area contributed by atoms with E-state index in [2.05, 4.69) is 19.2 Å². The molecule has 0 heterocycles. The van der Waals surface area contributed by atoms with Crippen molar-refractivity contribution in [2.45, 2.75) is 70.4 Å². The maximum absolute atomic E-state index is 11.8. The van der Waals surface area contributed by atoms with E-state index >= 15 is 0 Å². The van der Waals surface area contributed by atoms with Gasteiger partial charge in [0.2, 0.25) is 5.91 Å². The van der Waals surface area contributed by atoms with E-state index in [4.69, 9.17) is 5.73 Å². The van der Waals surface area contributed by atoms with Gasteiger partial charge < -0.3 is 16.2 Å². The third kappa shape index (κ3) is 4.94. The maximum Gasteiger partial charge on any atom is 0.237 e. The second-order valence-corrected chi connectivity index (χ2v) is 5.89. The summed E-state index contributed by atoms with van der Waals surface area (Å²) in [5.41, 5.74) is 5.07. The van der Waals surface area contributed by atoms with Crippen molar-refractivity contribution in [2.75, 3.05) is 6.54 Å². The number of hydrogen-bond acceptors (Lipinski definition) is 3. The Balaban J connectivity index is 2.32. The van der Waals surface area contributed by atoms with Crippen LogP contribution >= 0.6 is 0 Å². The number of aliphatic hydroxyl groups is 1. The summed E-state index contributed by atoms with van der Waals surface area (Å²) in [6.07, 6.45) is 6.50. The van der Waals surface area contributed by atoms with Crippen LogP contribution in [0, 0.1) is 5.92 Å². The van der Waals surface area contributed by atoms with Crippen LogP contribution < -0.4 is 11.1 Å². The molecule has 4 heteroatoms. The molecule has 0 spiro atoms. The van der Waals surface area contributed by atoms with E-state index in [1.807, 2.05) is 0 Å². The fraction of sp³-hybridized carbons (Fsp3) is 0.929. The molecule has 0 bridgehead atoms. The summed E-state index contributed by atoms with van der Waals surface area (Å²) in [6, 6.07) is -0.436. The highest BCUT2D eigenvalue weighted by atomic mass is 16.3. The van der Waals surface area contributed by atoms with Crippen LogP contribution in [0.2, 0.25) is 0 Å². The molecule has 3 atom stereocenters. The summed E-state index contributed by atoms with van der Waals surface area (Å²) >= 11 is 0. The standard InChI is InChI=1S/C14H28N2O2/c1-3-4-7-12(15)13(17)16-10-14(18)8-5-6-11(2)9-14/h11-12,18H,3-10,15H2,1-2H3,(H,16,17). The van der Waals surface area contributed by atoms with Gasteiger partial charge in [-0.1, -0.05) is 39.5 Å². The molecule has 0 aliphatic heterocycles. The number of carbonyl (C=O) groups excluding carboxylic acids is 1. The van der Waals surface area contributed by atoms with Gasteiger partial charge in [-0.25, -0.2) is 0 Å². The van der Waals surface area contributed by atoms with Crippen LogP contribution in [-0.4, -0.2) is 29.2 Å². The molecule has 1 aliphatic carbocycles. The molecule has 1 fully saturated rings. The van der Waals surface area contributed by atoms with E-state index in [0.29, 0.717) is 12.5 Å². The summed E-state index contributed by atoms with van der Waals surface area (Å²) in [5.74, 6) is 0.407. The molecule has 0 radical (unpaired) electrons. The molecule has 4 N–H and O–H groups in total. The highest BCUT2D eigenvalue weighted by Gasteiger charge is 2.33. The van der Waals surface area contributed by atoms with E-state index in [0.717, 1.165) is 38.5 Å². The SMILES string of the molecule is CCCCC(N)C(=O)NCC1(O)CCCC(C)C1. The molecule has 18 heavy (non-hydrogen) atoms. The van der Waals surface area contributed by atoms with Crippen molar-refractivity contribution in [1.29, 1.82) is 0 Å². The number of unbranched alkanes of at least 4 members (excludes halogenated alkanes) is 1. The van der Waals surface area contributed by atoms with Crippen LogP contribution in [0.4, 0.5) is 0 Å². The van der Waals surface area contributed by atoms with Crippen LogP contribution in [0.3, 0.4) is 0 Å². The molecule has 0 aromatic rings. The zero-order valence-corrected chi connectivity index (χ0v) is 11.7. The van der Waals surface area contributed by atoms with Crippen molar-refractivity contribution in [2.24, 2.45) is 11.7 Å². The third-order valence-corrected chi connectivity index (χ3v) is 3.86. The van der Waals surface area contributed by atoms with Gasteiger partial charge in [0.25, 0.3) is 0 Å². The summed E-state index contributed by atoms with van der Waals surface area (Å²) in [4.78, 5) is 11.8. The van der Waals surface area contributed by atoms with E-state index in [1.165, 1.54) is 6.42 Å². The second kappa shape index (κ2) is 7.10. The Morgan fingerprint density at radius 2 is 2.33 bits per heavy atom. The minimum Gasteiger partial charge on any atom is -0.388 e. The number of amides is 1. The fourth-order valence-electron chi connectivity index (χ4n) is 2.73. The first-order valence-corrected chi connectivity index (χ1v) is 7.22. The number of nitrogens with one attached hydrogen (secondary N) is 1. The minimum atomic E-state index is -0.724. The molecular formula is C14H28N2O2. The Kier molecular flexibility index (Phi) is 6.09. The van der Waals surface area contributed by atoms with Gasteiger partial charge >= 0.3 is 0 Å². The predicted octanol–water partition coefficient (Wildman–Crippen LogP) is 1.56. The molecular weight excluding hydrogens is 228 g/mol. The molecule has 0 aromatic heterocycles.